The van der Waals surface area contributed by atoms with Gasteiger partial charge in [0.25, 0.3) is 5.91 Å². The third-order valence-corrected chi connectivity index (χ3v) is 4.86. The average molecular weight is 318 g/mol. The Hall–Kier alpha value is -1.82. The van der Waals surface area contributed by atoms with Crippen LogP contribution in [0.4, 0.5) is 0 Å². The maximum absolute atomic E-state index is 12.5. The van der Waals surface area contributed by atoms with Crippen LogP contribution in [0.3, 0.4) is 0 Å². The topological polar surface area (TPSA) is 66.5 Å². The van der Waals surface area contributed by atoms with Crippen LogP contribution in [-0.4, -0.2) is 33.9 Å². The molecule has 1 fully saturated rings. The standard InChI is InChI=1S/C16H18N2O3S/c1-9(2)22-11-3-4-12-10(7-11)8-18(16(12)21)13-5-6-14(19)17-15(13)20/h3-4,7,9,13H,5-6,8H2,1-2H3,(H,17,19,20). The second-order valence-corrected chi connectivity index (χ2v) is 7.54. The number of benzene rings is 1. The van der Waals surface area contributed by atoms with Crippen molar-refractivity contribution in [2.24, 2.45) is 0 Å². The molecule has 0 spiro atoms. The molecule has 1 aromatic rings. The Labute approximate surface area is 133 Å². The van der Waals surface area contributed by atoms with Gasteiger partial charge in [0, 0.05) is 28.7 Å². The normalized spacial score (nSPS) is 21.3. The largest absolute Gasteiger partial charge is 0.322 e. The van der Waals surface area contributed by atoms with Crippen molar-refractivity contribution in [3.63, 3.8) is 0 Å². The minimum absolute atomic E-state index is 0.120. The Morgan fingerprint density at radius 3 is 2.73 bits per heavy atom. The number of nitrogens with one attached hydrogen (secondary N) is 1. The number of imide groups is 1. The summed E-state index contributed by atoms with van der Waals surface area (Å²) in [4.78, 5) is 38.4. The van der Waals surface area contributed by atoms with E-state index in [2.05, 4.69) is 19.2 Å². The lowest BCUT2D eigenvalue weighted by atomic mass is 10.0. The molecule has 0 saturated carbocycles. The van der Waals surface area contributed by atoms with Gasteiger partial charge >= 0.3 is 0 Å². The molecule has 6 heteroatoms. The van der Waals surface area contributed by atoms with Crippen molar-refractivity contribution in [3.05, 3.63) is 29.3 Å². The summed E-state index contributed by atoms with van der Waals surface area (Å²) in [5.41, 5.74) is 1.62. The Morgan fingerprint density at radius 2 is 2.05 bits per heavy atom. The van der Waals surface area contributed by atoms with Crippen LogP contribution < -0.4 is 5.32 Å². The fourth-order valence-corrected chi connectivity index (χ4v) is 3.80. The maximum Gasteiger partial charge on any atom is 0.255 e. The van der Waals surface area contributed by atoms with Crippen LogP contribution in [0.25, 0.3) is 0 Å². The van der Waals surface area contributed by atoms with Gasteiger partial charge in [0.05, 0.1) is 0 Å². The first kappa shape index (κ1) is 15.1. The van der Waals surface area contributed by atoms with Gasteiger partial charge in [0.1, 0.15) is 6.04 Å². The van der Waals surface area contributed by atoms with E-state index in [4.69, 9.17) is 0 Å². The third kappa shape index (κ3) is 2.75. The lowest BCUT2D eigenvalue weighted by Gasteiger charge is -2.29. The van der Waals surface area contributed by atoms with Gasteiger partial charge in [-0.1, -0.05) is 13.8 Å². The fraction of sp³-hybridized carbons (Fsp3) is 0.438. The molecule has 0 bridgehead atoms. The number of fused-ring (bicyclic) bond motifs is 1. The summed E-state index contributed by atoms with van der Waals surface area (Å²) in [6, 6.07) is 5.28. The van der Waals surface area contributed by atoms with Crippen LogP contribution in [0, 0.1) is 0 Å². The summed E-state index contributed by atoms with van der Waals surface area (Å²) >= 11 is 1.75. The fourth-order valence-electron chi connectivity index (χ4n) is 2.90. The van der Waals surface area contributed by atoms with Gasteiger partial charge in [0.15, 0.2) is 0 Å². The zero-order chi connectivity index (χ0) is 15.9. The van der Waals surface area contributed by atoms with E-state index < -0.39 is 6.04 Å². The molecule has 2 aliphatic rings. The molecule has 1 saturated heterocycles. The zero-order valence-electron chi connectivity index (χ0n) is 12.6. The van der Waals surface area contributed by atoms with Gasteiger partial charge in [-0.15, -0.1) is 11.8 Å². The van der Waals surface area contributed by atoms with Crippen molar-refractivity contribution in [1.29, 1.82) is 0 Å². The summed E-state index contributed by atoms with van der Waals surface area (Å²) in [7, 11) is 0. The van der Waals surface area contributed by atoms with E-state index >= 15 is 0 Å². The second kappa shape index (κ2) is 5.76. The van der Waals surface area contributed by atoms with Gasteiger partial charge in [0.2, 0.25) is 11.8 Å². The number of rotatable bonds is 3. The van der Waals surface area contributed by atoms with E-state index in [1.807, 2.05) is 18.2 Å². The average Bonchev–Trinajstić information content (AvgIpc) is 2.75. The predicted molar refractivity (Wildman–Crippen MR) is 83.5 cm³/mol. The number of nitrogens with zero attached hydrogens (tertiary/aromatic N) is 1. The SMILES string of the molecule is CC(C)Sc1ccc2c(c1)CN(C1CCC(=O)NC1=O)C2=O. The number of piperidine rings is 1. The van der Waals surface area contributed by atoms with Crippen molar-refractivity contribution in [2.45, 2.75) is 49.4 Å². The number of carbonyl (C=O) groups is 3. The van der Waals surface area contributed by atoms with Crippen molar-refractivity contribution >= 4 is 29.5 Å². The molecular formula is C16H18N2O3S. The van der Waals surface area contributed by atoms with Gasteiger partial charge in [-0.05, 0) is 30.2 Å². The molecule has 0 aromatic heterocycles. The summed E-state index contributed by atoms with van der Waals surface area (Å²) in [5.74, 6) is -0.749. The van der Waals surface area contributed by atoms with Gasteiger partial charge in [-0.3, -0.25) is 19.7 Å². The molecule has 3 rings (SSSR count). The Bertz CT molecular complexity index is 657. The highest BCUT2D eigenvalue weighted by atomic mass is 32.2. The molecular weight excluding hydrogens is 300 g/mol. The summed E-state index contributed by atoms with van der Waals surface area (Å²) in [5, 5.41) is 2.79. The van der Waals surface area contributed by atoms with Crippen molar-refractivity contribution in [2.75, 3.05) is 0 Å². The van der Waals surface area contributed by atoms with Crippen LogP contribution in [0.2, 0.25) is 0 Å². The van der Waals surface area contributed by atoms with Gasteiger partial charge in [-0.2, -0.15) is 0 Å². The molecule has 116 valence electrons. The first-order chi connectivity index (χ1) is 10.5. The summed E-state index contributed by atoms with van der Waals surface area (Å²) < 4.78 is 0. The molecule has 0 radical (unpaired) electrons. The lowest BCUT2D eigenvalue weighted by Crippen LogP contribution is -2.52. The van der Waals surface area contributed by atoms with Crippen molar-refractivity contribution in [1.82, 2.24) is 10.2 Å². The highest BCUT2D eigenvalue weighted by molar-refractivity contribution is 7.99. The Kier molecular flexibility index (Phi) is 3.95. The number of hydrogen-bond donors (Lipinski definition) is 1. The maximum atomic E-state index is 12.5. The molecule has 0 aliphatic carbocycles. The van der Waals surface area contributed by atoms with E-state index in [1.54, 1.807) is 16.7 Å². The summed E-state index contributed by atoms with van der Waals surface area (Å²) in [6.45, 7) is 4.68. The van der Waals surface area contributed by atoms with E-state index in [1.165, 1.54) is 0 Å². The Morgan fingerprint density at radius 1 is 1.27 bits per heavy atom. The van der Waals surface area contributed by atoms with Crippen LogP contribution in [-0.2, 0) is 16.1 Å². The third-order valence-electron chi connectivity index (χ3n) is 3.87. The minimum Gasteiger partial charge on any atom is -0.322 e. The number of amides is 3. The highest BCUT2D eigenvalue weighted by Crippen LogP contribution is 2.31. The summed E-state index contributed by atoms with van der Waals surface area (Å²) in [6.07, 6.45) is 0.684. The highest BCUT2D eigenvalue weighted by Gasteiger charge is 2.39. The molecule has 22 heavy (non-hydrogen) atoms. The molecule has 2 aliphatic heterocycles. The molecule has 2 heterocycles. The molecule has 1 atom stereocenters. The lowest BCUT2D eigenvalue weighted by molar-refractivity contribution is -0.136. The predicted octanol–water partition coefficient (Wildman–Crippen LogP) is 1.95. The smallest absolute Gasteiger partial charge is 0.255 e. The van der Waals surface area contributed by atoms with E-state index in [9.17, 15) is 14.4 Å². The quantitative estimate of drug-likeness (QED) is 0.683. The van der Waals surface area contributed by atoms with Crippen LogP contribution in [0.1, 0.15) is 42.6 Å². The number of thioether (sulfide) groups is 1. The molecule has 1 aromatic carbocycles. The zero-order valence-corrected chi connectivity index (χ0v) is 13.4. The molecule has 1 N–H and O–H groups in total. The van der Waals surface area contributed by atoms with Crippen molar-refractivity contribution < 1.29 is 14.4 Å². The van der Waals surface area contributed by atoms with Crippen molar-refractivity contribution in [3.8, 4) is 0 Å². The van der Waals surface area contributed by atoms with E-state index in [0.717, 1.165) is 10.5 Å². The number of carbonyl (C=O) groups excluding carboxylic acids is 3. The van der Waals surface area contributed by atoms with Gasteiger partial charge in [-0.25, -0.2) is 0 Å². The van der Waals surface area contributed by atoms with Crippen LogP contribution >= 0.6 is 11.8 Å². The number of hydrogen-bond acceptors (Lipinski definition) is 4. The van der Waals surface area contributed by atoms with Crippen LogP contribution in [0.15, 0.2) is 23.1 Å². The molecule has 3 amide bonds. The molecule has 5 nitrogen and oxygen atoms in total. The van der Waals surface area contributed by atoms with Crippen LogP contribution in [0.5, 0.6) is 0 Å². The Balaban J connectivity index is 1.81. The van der Waals surface area contributed by atoms with E-state index in [0.29, 0.717) is 23.8 Å². The molecule has 1 unspecified atom stereocenters. The van der Waals surface area contributed by atoms with Gasteiger partial charge < -0.3 is 4.90 Å². The first-order valence-corrected chi connectivity index (χ1v) is 8.28. The minimum atomic E-state index is -0.543. The first-order valence-electron chi connectivity index (χ1n) is 7.40. The van der Waals surface area contributed by atoms with E-state index in [-0.39, 0.29) is 24.1 Å². The second-order valence-electron chi connectivity index (χ2n) is 5.89. The monoisotopic (exact) mass is 318 g/mol.